The van der Waals surface area contributed by atoms with Gasteiger partial charge >= 0.3 is 0 Å². The van der Waals surface area contributed by atoms with E-state index in [4.69, 9.17) is 4.74 Å². The molecule has 2 aromatic rings. The van der Waals surface area contributed by atoms with Gasteiger partial charge in [0, 0.05) is 6.54 Å². The normalized spacial score (nSPS) is 11.7. The van der Waals surface area contributed by atoms with E-state index in [-0.39, 0.29) is 18.1 Å². The fourth-order valence-electron chi connectivity index (χ4n) is 2.06. The SMILES string of the molecule is O=C(CC(O)c1ccccc1)NCCCOc1ccc(F)cc1. The molecule has 0 aliphatic carbocycles. The van der Waals surface area contributed by atoms with Crippen LogP contribution in [0.15, 0.2) is 54.6 Å². The van der Waals surface area contributed by atoms with Crippen molar-refractivity contribution in [3.05, 3.63) is 66.0 Å². The monoisotopic (exact) mass is 317 g/mol. The van der Waals surface area contributed by atoms with E-state index >= 15 is 0 Å². The number of amides is 1. The van der Waals surface area contributed by atoms with Crippen LogP contribution in [0.25, 0.3) is 0 Å². The molecular weight excluding hydrogens is 297 g/mol. The van der Waals surface area contributed by atoms with E-state index in [9.17, 15) is 14.3 Å². The minimum Gasteiger partial charge on any atom is -0.494 e. The largest absolute Gasteiger partial charge is 0.494 e. The van der Waals surface area contributed by atoms with Crippen molar-refractivity contribution in [1.82, 2.24) is 5.32 Å². The lowest BCUT2D eigenvalue weighted by molar-refractivity contribution is -0.123. The minimum atomic E-state index is -0.799. The third-order valence-electron chi connectivity index (χ3n) is 3.29. The van der Waals surface area contributed by atoms with Crippen molar-refractivity contribution in [2.75, 3.05) is 13.2 Å². The zero-order valence-corrected chi connectivity index (χ0v) is 12.7. The molecule has 0 bridgehead atoms. The molecule has 23 heavy (non-hydrogen) atoms. The van der Waals surface area contributed by atoms with Crippen molar-refractivity contribution >= 4 is 5.91 Å². The zero-order chi connectivity index (χ0) is 16.5. The molecule has 0 fully saturated rings. The van der Waals surface area contributed by atoms with Crippen LogP contribution in [0, 0.1) is 5.82 Å². The summed E-state index contributed by atoms with van der Waals surface area (Å²) in [4.78, 5) is 11.7. The minimum absolute atomic E-state index is 0.0306. The molecule has 122 valence electrons. The van der Waals surface area contributed by atoms with Gasteiger partial charge < -0.3 is 15.2 Å². The smallest absolute Gasteiger partial charge is 0.222 e. The summed E-state index contributed by atoms with van der Waals surface area (Å²) in [6, 6.07) is 14.9. The number of hydrogen-bond donors (Lipinski definition) is 2. The van der Waals surface area contributed by atoms with Crippen molar-refractivity contribution < 1.29 is 19.0 Å². The molecule has 5 heteroatoms. The summed E-state index contributed by atoms with van der Waals surface area (Å²) in [6.07, 6.45) is -0.139. The maximum absolute atomic E-state index is 12.7. The van der Waals surface area contributed by atoms with Gasteiger partial charge in [0.15, 0.2) is 0 Å². The van der Waals surface area contributed by atoms with Crippen LogP contribution in [0.5, 0.6) is 5.75 Å². The first kappa shape index (κ1) is 17.0. The summed E-state index contributed by atoms with van der Waals surface area (Å²) in [7, 11) is 0. The van der Waals surface area contributed by atoms with Crippen molar-refractivity contribution in [2.45, 2.75) is 18.9 Å². The lowest BCUT2D eigenvalue weighted by Crippen LogP contribution is -2.27. The van der Waals surface area contributed by atoms with Crippen molar-refractivity contribution in [1.29, 1.82) is 0 Å². The molecule has 1 amide bonds. The Morgan fingerprint density at radius 2 is 1.83 bits per heavy atom. The highest BCUT2D eigenvalue weighted by molar-refractivity contribution is 5.76. The summed E-state index contributed by atoms with van der Waals surface area (Å²) < 4.78 is 18.1. The van der Waals surface area contributed by atoms with Crippen LogP contribution in [-0.4, -0.2) is 24.2 Å². The van der Waals surface area contributed by atoms with E-state index in [0.29, 0.717) is 25.3 Å². The fourth-order valence-corrected chi connectivity index (χ4v) is 2.06. The van der Waals surface area contributed by atoms with Crippen LogP contribution >= 0.6 is 0 Å². The third kappa shape index (κ3) is 6.08. The van der Waals surface area contributed by atoms with Crippen molar-refractivity contribution in [3.8, 4) is 5.75 Å². The topological polar surface area (TPSA) is 58.6 Å². The first-order valence-electron chi connectivity index (χ1n) is 7.53. The predicted molar refractivity (Wildman–Crippen MR) is 85.5 cm³/mol. The molecule has 1 unspecified atom stereocenters. The Morgan fingerprint density at radius 3 is 2.52 bits per heavy atom. The number of halogens is 1. The number of aliphatic hydroxyl groups is 1. The lowest BCUT2D eigenvalue weighted by Gasteiger charge is -2.11. The van der Waals surface area contributed by atoms with Crippen LogP contribution in [0.3, 0.4) is 0 Å². The quantitative estimate of drug-likeness (QED) is 0.736. The molecule has 0 radical (unpaired) electrons. The molecule has 0 aromatic heterocycles. The maximum atomic E-state index is 12.7. The molecule has 0 aliphatic rings. The Hall–Kier alpha value is -2.40. The summed E-state index contributed by atoms with van der Waals surface area (Å²) >= 11 is 0. The average Bonchev–Trinajstić information content (AvgIpc) is 2.57. The number of rotatable bonds is 8. The molecule has 0 heterocycles. The molecule has 0 saturated heterocycles. The molecule has 0 saturated carbocycles. The van der Waals surface area contributed by atoms with Crippen LogP contribution in [0.2, 0.25) is 0 Å². The molecule has 0 aliphatic heterocycles. The highest BCUT2D eigenvalue weighted by atomic mass is 19.1. The van der Waals surface area contributed by atoms with Gasteiger partial charge in [0.05, 0.1) is 19.1 Å². The van der Waals surface area contributed by atoms with Gasteiger partial charge in [0.1, 0.15) is 11.6 Å². The second kappa shape index (κ2) is 8.90. The average molecular weight is 317 g/mol. The summed E-state index contributed by atoms with van der Waals surface area (Å²) in [5.41, 5.74) is 0.724. The van der Waals surface area contributed by atoms with Gasteiger partial charge in [-0.05, 0) is 36.2 Å². The van der Waals surface area contributed by atoms with Crippen molar-refractivity contribution in [2.24, 2.45) is 0 Å². The van der Waals surface area contributed by atoms with Gasteiger partial charge in [-0.2, -0.15) is 0 Å². The van der Waals surface area contributed by atoms with Crippen LogP contribution in [-0.2, 0) is 4.79 Å². The second-order valence-corrected chi connectivity index (χ2v) is 5.14. The number of carbonyl (C=O) groups is 1. The van der Waals surface area contributed by atoms with E-state index < -0.39 is 6.10 Å². The highest BCUT2D eigenvalue weighted by Crippen LogP contribution is 2.15. The molecule has 2 aromatic carbocycles. The number of aliphatic hydroxyl groups excluding tert-OH is 1. The molecule has 0 spiro atoms. The summed E-state index contributed by atoms with van der Waals surface area (Å²) in [5.74, 6) is 0.0851. The molecule has 2 N–H and O–H groups in total. The third-order valence-corrected chi connectivity index (χ3v) is 3.29. The van der Waals surface area contributed by atoms with E-state index in [2.05, 4.69) is 5.32 Å². The Bertz CT molecular complexity index is 601. The van der Waals surface area contributed by atoms with Crippen LogP contribution in [0.4, 0.5) is 4.39 Å². The number of nitrogens with one attached hydrogen (secondary N) is 1. The summed E-state index contributed by atoms with van der Waals surface area (Å²) in [6.45, 7) is 0.884. The van der Waals surface area contributed by atoms with Gasteiger partial charge in [-0.25, -0.2) is 4.39 Å². The molecule has 2 rings (SSSR count). The Labute approximate surface area is 134 Å². The maximum Gasteiger partial charge on any atom is 0.222 e. The second-order valence-electron chi connectivity index (χ2n) is 5.14. The van der Waals surface area contributed by atoms with Gasteiger partial charge in [0.2, 0.25) is 5.91 Å². The van der Waals surface area contributed by atoms with E-state index in [1.54, 1.807) is 24.3 Å². The highest BCUT2D eigenvalue weighted by Gasteiger charge is 2.11. The summed E-state index contributed by atoms with van der Waals surface area (Å²) in [5, 5.41) is 12.7. The van der Waals surface area contributed by atoms with E-state index in [0.717, 1.165) is 5.56 Å². The van der Waals surface area contributed by atoms with Gasteiger partial charge in [0.25, 0.3) is 0 Å². The van der Waals surface area contributed by atoms with Crippen molar-refractivity contribution in [3.63, 3.8) is 0 Å². The zero-order valence-electron chi connectivity index (χ0n) is 12.7. The predicted octanol–water partition coefficient (Wildman–Crippen LogP) is 2.83. The van der Waals surface area contributed by atoms with E-state index in [1.807, 2.05) is 18.2 Å². The van der Waals surface area contributed by atoms with Crippen LogP contribution < -0.4 is 10.1 Å². The standard InChI is InChI=1S/C18H20FNO3/c19-15-7-9-16(10-8-15)23-12-4-11-20-18(22)13-17(21)14-5-2-1-3-6-14/h1-3,5-10,17,21H,4,11-13H2,(H,20,22). The first-order chi connectivity index (χ1) is 11.1. The molecule has 1 atom stereocenters. The fraction of sp³-hybridized carbons (Fsp3) is 0.278. The Balaban J connectivity index is 1.60. The molecule has 4 nitrogen and oxygen atoms in total. The van der Waals surface area contributed by atoms with E-state index in [1.165, 1.54) is 12.1 Å². The van der Waals surface area contributed by atoms with Gasteiger partial charge in [-0.1, -0.05) is 30.3 Å². The van der Waals surface area contributed by atoms with Crippen LogP contribution in [0.1, 0.15) is 24.5 Å². The lowest BCUT2D eigenvalue weighted by atomic mass is 10.1. The number of ether oxygens (including phenoxy) is 1. The number of benzene rings is 2. The molecular formula is C18H20FNO3. The Kier molecular flexibility index (Phi) is 6.56. The van der Waals surface area contributed by atoms with Gasteiger partial charge in [-0.15, -0.1) is 0 Å². The number of hydrogen-bond acceptors (Lipinski definition) is 3. The van der Waals surface area contributed by atoms with Gasteiger partial charge in [-0.3, -0.25) is 4.79 Å². The first-order valence-corrected chi connectivity index (χ1v) is 7.53. The Morgan fingerprint density at radius 1 is 1.13 bits per heavy atom. The number of carbonyl (C=O) groups excluding carboxylic acids is 1.